The van der Waals surface area contributed by atoms with Gasteiger partial charge in [-0.2, -0.15) is 0 Å². The molecule has 1 atom stereocenters. The molecule has 0 aromatic heterocycles. The standard InChI is InChI=1S/C12H24N2O/c1-9(2)7-12(15)14-6-5-13-11(8-14)10(3)4/h9-11,13H,5-8H2,1-4H3. The van der Waals surface area contributed by atoms with Gasteiger partial charge in [-0.15, -0.1) is 0 Å². The van der Waals surface area contributed by atoms with Crippen molar-refractivity contribution in [2.24, 2.45) is 11.8 Å². The van der Waals surface area contributed by atoms with E-state index in [0.29, 0.717) is 30.2 Å². The van der Waals surface area contributed by atoms with Crippen LogP contribution in [0.3, 0.4) is 0 Å². The lowest BCUT2D eigenvalue weighted by Crippen LogP contribution is -2.54. The molecule has 0 aliphatic carbocycles. The Labute approximate surface area is 93.2 Å². The van der Waals surface area contributed by atoms with Crippen LogP contribution < -0.4 is 5.32 Å². The Morgan fingerprint density at radius 2 is 2.07 bits per heavy atom. The number of hydrogen-bond acceptors (Lipinski definition) is 2. The molecular weight excluding hydrogens is 188 g/mol. The number of piperazine rings is 1. The minimum Gasteiger partial charge on any atom is -0.340 e. The van der Waals surface area contributed by atoms with Crippen LogP contribution in [0.2, 0.25) is 0 Å². The third kappa shape index (κ3) is 3.82. The van der Waals surface area contributed by atoms with E-state index in [4.69, 9.17) is 0 Å². The number of nitrogens with one attached hydrogen (secondary N) is 1. The number of hydrogen-bond donors (Lipinski definition) is 1. The maximum absolute atomic E-state index is 11.9. The van der Waals surface area contributed by atoms with E-state index in [-0.39, 0.29) is 0 Å². The molecule has 1 N–H and O–H groups in total. The topological polar surface area (TPSA) is 32.3 Å². The molecule has 1 heterocycles. The van der Waals surface area contributed by atoms with Gasteiger partial charge < -0.3 is 10.2 Å². The zero-order valence-electron chi connectivity index (χ0n) is 10.4. The predicted octanol–water partition coefficient (Wildman–Crippen LogP) is 1.49. The van der Waals surface area contributed by atoms with Gasteiger partial charge >= 0.3 is 0 Å². The van der Waals surface area contributed by atoms with E-state index < -0.39 is 0 Å². The van der Waals surface area contributed by atoms with Crippen LogP contribution in [0.25, 0.3) is 0 Å². The smallest absolute Gasteiger partial charge is 0.222 e. The molecule has 1 fully saturated rings. The van der Waals surface area contributed by atoms with Crippen LogP contribution in [0.4, 0.5) is 0 Å². The normalized spacial score (nSPS) is 22.5. The highest BCUT2D eigenvalue weighted by Crippen LogP contribution is 2.11. The van der Waals surface area contributed by atoms with Crippen LogP contribution in [0.5, 0.6) is 0 Å². The Balaban J connectivity index is 2.45. The van der Waals surface area contributed by atoms with E-state index in [2.05, 4.69) is 33.0 Å². The number of rotatable bonds is 3. The fourth-order valence-electron chi connectivity index (χ4n) is 1.93. The van der Waals surface area contributed by atoms with Crippen LogP contribution in [-0.4, -0.2) is 36.5 Å². The molecule has 88 valence electrons. The summed E-state index contributed by atoms with van der Waals surface area (Å²) in [5.41, 5.74) is 0. The second-order valence-electron chi connectivity index (χ2n) is 5.24. The van der Waals surface area contributed by atoms with Crippen LogP contribution in [0.15, 0.2) is 0 Å². The number of nitrogens with zero attached hydrogens (tertiary/aromatic N) is 1. The van der Waals surface area contributed by atoms with Gasteiger partial charge in [-0.3, -0.25) is 4.79 Å². The molecular formula is C12H24N2O. The largest absolute Gasteiger partial charge is 0.340 e. The Morgan fingerprint density at radius 3 is 2.60 bits per heavy atom. The summed E-state index contributed by atoms with van der Waals surface area (Å²) < 4.78 is 0. The van der Waals surface area contributed by atoms with Crippen molar-refractivity contribution in [2.45, 2.75) is 40.2 Å². The lowest BCUT2D eigenvalue weighted by atomic mass is 10.0. The fourth-order valence-corrected chi connectivity index (χ4v) is 1.93. The number of amides is 1. The molecule has 1 rings (SSSR count). The molecule has 3 nitrogen and oxygen atoms in total. The van der Waals surface area contributed by atoms with E-state index in [9.17, 15) is 4.79 Å². The summed E-state index contributed by atoms with van der Waals surface area (Å²) in [5, 5.41) is 3.46. The van der Waals surface area contributed by atoms with Gasteiger partial charge in [0.1, 0.15) is 0 Å². The van der Waals surface area contributed by atoms with E-state index >= 15 is 0 Å². The highest BCUT2D eigenvalue weighted by Gasteiger charge is 2.24. The fraction of sp³-hybridized carbons (Fsp3) is 0.917. The minimum absolute atomic E-state index is 0.317. The zero-order valence-corrected chi connectivity index (χ0v) is 10.4. The van der Waals surface area contributed by atoms with Gasteiger partial charge in [0.2, 0.25) is 5.91 Å². The van der Waals surface area contributed by atoms with E-state index in [1.54, 1.807) is 0 Å². The molecule has 1 aliphatic heterocycles. The van der Waals surface area contributed by atoms with Crippen molar-refractivity contribution >= 4 is 5.91 Å². The highest BCUT2D eigenvalue weighted by molar-refractivity contribution is 5.76. The van der Waals surface area contributed by atoms with E-state index in [1.807, 2.05) is 4.90 Å². The van der Waals surface area contributed by atoms with Gasteiger partial charge in [-0.25, -0.2) is 0 Å². The molecule has 15 heavy (non-hydrogen) atoms. The third-order valence-electron chi connectivity index (χ3n) is 2.95. The first-order valence-electron chi connectivity index (χ1n) is 6.02. The lowest BCUT2D eigenvalue weighted by Gasteiger charge is -2.36. The molecule has 0 spiro atoms. The predicted molar refractivity (Wildman–Crippen MR) is 62.7 cm³/mol. The van der Waals surface area contributed by atoms with Crippen LogP contribution >= 0.6 is 0 Å². The first-order valence-corrected chi connectivity index (χ1v) is 6.02. The molecule has 0 saturated carbocycles. The summed E-state index contributed by atoms with van der Waals surface area (Å²) in [6, 6.07) is 0.467. The second-order valence-corrected chi connectivity index (χ2v) is 5.24. The molecule has 1 aliphatic rings. The Kier molecular flexibility index (Phi) is 4.58. The molecule has 0 radical (unpaired) electrons. The van der Waals surface area contributed by atoms with Crippen molar-refractivity contribution in [3.05, 3.63) is 0 Å². The Bertz CT molecular complexity index is 214. The number of carbonyl (C=O) groups is 1. The second kappa shape index (κ2) is 5.50. The molecule has 1 amide bonds. The van der Waals surface area contributed by atoms with E-state index in [0.717, 1.165) is 19.6 Å². The van der Waals surface area contributed by atoms with Crippen molar-refractivity contribution in [2.75, 3.05) is 19.6 Å². The summed E-state index contributed by atoms with van der Waals surface area (Å²) in [6.07, 6.45) is 0.685. The van der Waals surface area contributed by atoms with Crippen molar-refractivity contribution in [1.82, 2.24) is 10.2 Å². The molecule has 1 unspecified atom stereocenters. The molecule has 1 saturated heterocycles. The van der Waals surface area contributed by atoms with Crippen molar-refractivity contribution in [1.29, 1.82) is 0 Å². The van der Waals surface area contributed by atoms with Crippen molar-refractivity contribution in [3.63, 3.8) is 0 Å². The van der Waals surface area contributed by atoms with Gasteiger partial charge in [-0.05, 0) is 11.8 Å². The quantitative estimate of drug-likeness (QED) is 0.768. The van der Waals surface area contributed by atoms with Gasteiger partial charge in [-0.1, -0.05) is 27.7 Å². The molecule has 3 heteroatoms. The van der Waals surface area contributed by atoms with Crippen LogP contribution in [-0.2, 0) is 4.79 Å². The van der Waals surface area contributed by atoms with E-state index in [1.165, 1.54) is 0 Å². The van der Waals surface area contributed by atoms with Crippen molar-refractivity contribution < 1.29 is 4.79 Å². The van der Waals surface area contributed by atoms with Gasteiger partial charge in [0.15, 0.2) is 0 Å². The number of carbonyl (C=O) groups excluding carboxylic acids is 1. The first kappa shape index (κ1) is 12.5. The van der Waals surface area contributed by atoms with Crippen molar-refractivity contribution in [3.8, 4) is 0 Å². The molecule has 0 bridgehead atoms. The van der Waals surface area contributed by atoms with Crippen LogP contribution in [0, 0.1) is 11.8 Å². The maximum atomic E-state index is 11.9. The van der Waals surface area contributed by atoms with Gasteiger partial charge in [0, 0.05) is 32.1 Å². The summed E-state index contributed by atoms with van der Waals surface area (Å²) in [7, 11) is 0. The SMILES string of the molecule is CC(C)CC(=O)N1CCNC(C(C)C)C1. The molecule has 0 aromatic carbocycles. The van der Waals surface area contributed by atoms with Crippen LogP contribution in [0.1, 0.15) is 34.1 Å². The summed E-state index contributed by atoms with van der Waals surface area (Å²) >= 11 is 0. The third-order valence-corrected chi connectivity index (χ3v) is 2.95. The molecule has 0 aromatic rings. The summed E-state index contributed by atoms with van der Waals surface area (Å²) in [5.74, 6) is 1.38. The Morgan fingerprint density at radius 1 is 1.40 bits per heavy atom. The van der Waals surface area contributed by atoms with Gasteiger partial charge in [0.25, 0.3) is 0 Å². The van der Waals surface area contributed by atoms with Gasteiger partial charge in [0.05, 0.1) is 0 Å². The maximum Gasteiger partial charge on any atom is 0.222 e. The minimum atomic E-state index is 0.317. The first-order chi connectivity index (χ1) is 7.00. The average Bonchev–Trinajstić information content (AvgIpc) is 2.17. The lowest BCUT2D eigenvalue weighted by molar-refractivity contribution is -0.133. The summed E-state index contributed by atoms with van der Waals surface area (Å²) in [6.45, 7) is 11.3. The zero-order chi connectivity index (χ0) is 11.4. The Hall–Kier alpha value is -0.570. The summed E-state index contributed by atoms with van der Waals surface area (Å²) in [4.78, 5) is 13.9. The average molecular weight is 212 g/mol. The highest BCUT2D eigenvalue weighted by atomic mass is 16.2. The monoisotopic (exact) mass is 212 g/mol.